The Balaban J connectivity index is 1.36. The average Bonchev–Trinajstić information content (AvgIpc) is 3.26. The number of benzene rings is 3. The zero-order chi connectivity index (χ0) is 25.2. The van der Waals surface area contributed by atoms with Crippen LogP contribution in [0.25, 0.3) is 10.2 Å². The number of aromatic nitrogens is 1. The van der Waals surface area contributed by atoms with Crippen molar-refractivity contribution in [3.05, 3.63) is 93.7 Å². The van der Waals surface area contributed by atoms with Crippen LogP contribution >= 0.6 is 23.1 Å². The van der Waals surface area contributed by atoms with Gasteiger partial charge in [-0.05, 0) is 56.3 Å². The zero-order valence-electron chi connectivity index (χ0n) is 19.4. The standard InChI is InChI=1S/C26H21N3O5S2/c1-3-33-25-20(24(30)19-12-15(2)4-11-22(19)34-25)14-27-16-5-10-21-23(13-16)36-26(28-21)35-18-8-6-17(7-9-18)29(31)32/h4-14,25,27H,3H2,1-2H3. The Labute approximate surface area is 215 Å². The summed E-state index contributed by atoms with van der Waals surface area (Å²) in [5, 5.41) is 14.1. The molecule has 5 rings (SSSR count). The molecule has 2 heterocycles. The van der Waals surface area contributed by atoms with Crippen LogP contribution in [-0.4, -0.2) is 28.6 Å². The number of Topliss-reactive ketones (excluding diaryl/α,β-unsaturated/α-hetero) is 1. The molecular weight excluding hydrogens is 498 g/mol. The maximum absolute atomic E-state index is 13.2. The van der Waals surface area contributed by atoms with Gasteiger partial charge in [-0.25, -0.2) is 4.98 Å². The molecule has 1 atom stereocenters. The van der Waals surface area contributed by atoms with Gasteiger partial charge in [-0.15, -0.1) is 11.3 Å². The number of nitro benzene ring substituents is 1. The molecule has 10 heteroatoms. The molecule has 0 saturated carbocycles. The van der Waals surface area contributed by atoms with Crippen LogP contribution in [0, 0.1) is 17.0 Å². The number of hydrogen-bond donors (Lipinski definition) is 1. The number of hydrogen-bond acceptors (Lipinski definition) is 9. The van der Waals surface area contributed by atoms with E-state index in [9.17, 15) is 14.9 Å². The number of fused-ring (bicyclic) bond motifs is 2. The third-order valence-electron chi connectivity index (χ3n) is 5.46. The van der Waals surface area contributed by atoms with Gasteiger partial charge in [0.15, 0.2) is 10.1 Å². The number of aryl methyl sites for hydroxylation is 1. The molecule has 1 aromatic heterocycles. The van der Waals surface area contributed by atoms with E-state index in [0.717, 1.165) is 30.7 Å². The van der Waals surface area contributed by atoms with E-state index in [2.05, 4.69) is 10.3 Å². The Morgan fingerprint density at radius 3 is 2.75 bits per heavy atom. The van der Waals surface area contributed by atoms with Crippen LogP contribution in [0.3, 0.4) is 0 Å². The molecule has 3 aromatic carbocycles. The minimum atomic E-state index is -0.790. The normalized spacial score (nSPS) is 16.1. The molecule has 1 aliphatic rings. The van der Waals surface area contributed by atoms with E-state index in [1.54, 1.807) is 24.4 Å². The lowest BCUT2D eigenvalue weighted by molar-refractivity contribution is -0.384. The van der Waals surface area contributed by atoms with E-state index in [4.69, 9.17) is 9.47 Å². The number of rotatable bonds is 7. The number of nitro groups is 1. The predicted octanol–water partition coefficient (Wildman–Crippen LogP) is 6.60. The quantitative estimate of drug-likeness (QED) is 0.165. The smallest absolute Gasteiger partial charge is 0.269 e. The Morgan fingerprint density at radius 2 is 2.00 bits per heavy atom. The number of nitrogens with one attached hydrogen (secondary N) is 1. The third kappa shape index (κ3) is 4.97. The third-order valence-corrected chi connectivity index (χ3v) is 7.55. The monoisotopic (exact) mass is 519 g/mol. The highest BCUT2D eigenvalue weighted by Gasteiger charge is 2.32. The van der Waals surface area contributed by atoms with Gasteiger partial charge in [-0.1, -0.05) is 23.4 Å². The molecule has 1 aliphatic heterocycles. The van der Waals surface area contributed by atoms with E-state index in [0.29, 0.717) is 23.5 Å². The molecule has 0 fully saturated rings. The maximum Gasteiger partial charge on any atom is 0.269 e. The van der Waals surface area contributed by atoms with Gasteiger partial charge >= 0.3 is 0 Å². The first-order valence-corrected chi connectivity index (χ1v) is 12.8. The maximum atomic E-state index is 13.2. The van der Waals surface area contributed by atoms with Crippen molar-refractivity contribution in [1.29, 1.82) is 0 Å². The highest BCUT2D eigenvalue weighted by atomic mass is 32.2. The number of nitrogens with zero attached hydrogens (tertiary/aromatic N) is 2. The first-order chi connectivity index (χ1) is 17.4. The summed E-state index contributed by atoms with van der Waals surface area (Å²) in [7, 11) is 0. The molecule has 0 bridgehead atoms. The summed E-state index contributed by atoms with van der Waals surface area (Å²) in [5.74, 6) is 0.386. The van der Waals surface area contributed by atoms with Gasteiger partial charge in [0.25, 0.3) is 5.69 Å². The molecule has 1 unspecified atom stereocenters. The van der Waals surface area contributed by atoms with Gasteiger partial charge in [0.2, 0.25) is 6.29 Å². The lowest BCUT2D eigenvalue weighted by atomic mass is 9.98. The first-order valence-electron chi connectivity index (χ1n) is 11.1. The second kappa shape index (κ2) is 10.1. The van der Waals surface area contributed by atoms with Gasteiger partial charge in [0.1, 0.15) is 5.75 Å². The van der Waals surface area contributed by atoms with E-state index < -0.39 is 11.2 Å². The molecule has 4 aromatic rings. The van der Waals surface area contributed by atoms with E-state index in [-0.39, 0.29) is 11.5 Å². The van der Waals surface area contributed by atoms with Crippen LogP contribution in [0.5, 0.6) is 5.75 Å². The summed E-state index contributed by atoms with van der Waals surface area (Å²) >= 11 is 2.97. The fraction of sp³-hybridized carbons (Fsp3) is 0.154. The summed E-state index contributed by atoms with van der Waals surface area (Å²) in [5.41, 5.74) is 3.59. The Hall–Kier alpha value is -3.73. The number of ketones is 1. The van der Waals surface area contributed by atoms with E-state index in [1.807, 2.05) is 44.2 Å². The van der Waals surface area contributed by atoms with Crippen molar-refractivity contribution >= 4 is 50.5 Å². The summed E-state index contributed by atoms with van der Waals surface area (Å²) in [6, 6.07) is 17.7. The van der Waals surface area contributed by atoms with Crippen LogP contribution in [0.4, 0.5) is 11.4 Å². The summed E-state index contributed by atoms with van der Waals surface area (Å²) in [6.45, 7) is 4.19. The molecule has 0 amide bonds. The van der Waals surface area contributed by atoms with Crippen molar-refractivity contribution < 1.29 is 19.2 Å². The molecule has 0 saturated heterocycles. The molecule has 0 aliphatic carbocycles. The van der Waals surface area contributed by atoms with Gasteiger partial charge < -0.3 is 14.8 Å². The predicted molar refractivity (Wildman–Crippen MR) is 140 cm³/mol. The molecule has 182 valence electrons. The zero-order valence-corrected chi connectivity index (χ0v) is 21.0. The fourth-order valence-electron chi connectivity index (χ4n) is 3.71. The highest BCUT2D eigenvalue weighted by Crippen LogP contribution is 2.36. The second-order valence-corrected chi connectivity index (χ2v) is 10.3. The van der Waals surface area contributed by atoms with Crippen LogP contribution in [0.2, 0.25) is 0 Å². The molecule has 0 radical (unpaired) electrons. The minimum absolute atomic E-state index is 0.0560. The first kappa shape index (κ1) is 24.0. The van der Waals surface area contributed by atoms with Gasteiger partial charge in [-0.3, -0.25) is 14.9 Å². The van der Waals surface area contributed by atoms with Crippen LogP contribution in [0.15, 0.2) is 81.7 Å². The highest BCUT2D eigenvalue weighted by molar-refractivity contribution is 8.01. The summed E-state index contributed by atoms with van der Waals surface area (Å²) < 4.78 is 13.4. The number of carbonyl (C=O) groups is 1. The molecule has 8 nitrogen and oxygen atoms in total. The molecule has 0 spiro atoms. The van der Waals surface area contributed by atoms with Gasteiger partial charge in [-0.2, -0.15) is 0 Å². The lowest BCUT2D eigenvalue weighted by Gasteiger charge is -2.27. The topological polar surface area (TPSA) is 104 Å². The fourth-order valence-corrected chi connectivity index (χ4v) is 5.79. The van der Waals surface area contributed by atoms with Gasteiger partial charge in [0.05, 0.1) is 26.3 Å². The Bertz CT molecular complexity index is 1500. The van der Waals surface area contributed by atoms with Gasteiger partial charge in [0, 0.05) is 35.5 Å². The SMILES string of the molecule is CCOC1Oc2ccc(C)cc2C(=O)C1=CNc1ccc2nc(Sc3ccc([N+](=O)[O-])cc3)sc2c1. The number of ether oxygens (including phenoxy) is 2. The van der Waals surface area contributed by atoms with Crippen molar-refractivity contribution in [1.82, 2.24) is 4.98 Å². The molecule has 1 N–H and O–H groups in total. The van der Waals surface area contributed by atoms with Crippen molar-refractivity contribution in [2.75, 3.05) is 11.9 Å². The number of carbonyl (C=O) groups excluding carboxylic acids is 1. The Morgan fingerprint density at radius 1 is 1.19 bits per heavy atom. The number of non-ortho nitro benzene ring substituents is 1. The van der Waals surface area contributed by atoms with Crippen molar-refractivity contribution in [2.45, 2.75) is 29.4 Å². The second-order valence-electron chi connectivity index (χ2n) is 7.99. The summed E-state index contributed by atoms with van der Waals surface area (Å²) in [4.78, 5) is 29.2. The van der Waals surface area contributed by atoms with E-state index in [1.165, 1.54) is 35.2 Å². The summed E-state index contributed by atoms with van der Waals surface area (Å²) in [6.07, 6.45) is 0.852. The number of thiazole rings is 1. The van der Waals surface area contributed by atoms with Crippen molar-refractivity contribution in [2.24, 2.45) is 0 Å². The van der Waals surface area contributed by atoms with E-state index >= 15 is 0 Å². The minimum Gasteiger partial charge on any atom is -0.460 e. The van der Waals surface area contributed by atoms with Crippen molar-refractivity contribution in [3.63, 3.8) is 0 Å². The van der Waals surface area contributed by atoms with Crippen LogP contribution in [-0.2, 0) is 4.74 Å². The molecular formula is C26H21N3O5S2. The number of anilines is 1. The average molecular weight is 520 g/mol. The molecule has 36 heavy (non-hydrogen) atoms. The van der Waals surface area contributed by atoms with Crippen LogP contribution < -0.4 is 10.1 Å². The lowest BCUT2D eigenvalue weighted by Crippen LogP contribution is -2.33. The van der Waals surface area contributed by atoms with Crippen molar-refractivity contribution in [3.8, 4) is 5.75 Å². The van der Waals surface area contributed by atoms with Crippen LogP contribution in [0.1, 0.15) is 22.8 Å². The Kier molecular flexibility index (Phi) is 6.73. The largest absolute Gasteiger partial charge is 0.460 e.